The molecule has 0 saturated carbocycles. The van der Waals surface area contributed by atoms with Crippen molar-refractivity contribution in [1.29, 1.82) is 0 Å². The molecule has 44 heavy (non-hydrogen) atoms. The minimum atomic E-state index is -0.832. The standard InChI is InChI=1S/C36H51N3O4S/c1-33(2,3)25-34(4,5)39-22-15-19-36-28(31(42)38(29(36)32(39)43)21-12-7-8-13-23-40)27-30(41)37(20-14-18-35(27,6)44-36)24-26-16-10-9-11-17-26/h9-11,14-19,27-29,40H,7-8,12-13,20-25H2,1-6H3/t27-,28-,29?,35+,36-/m0/s1. The molecule has 8 heteroatoms. The third-order valence-electron chi connectivity index (χ3n) is 9.86. The van der Waals surface area contributed by atoms with Gasteiger partial charge in [0.1, 0.15) is 6.04 Å². The van der Waals surface area contributed by atoms with E-state index in [1.807, 2.05) is 45.0 Å². The Bertz CT molecular complexity index is 1300. The Hall–Kier alpha value is -2.58. The Morgan fingerprint density at radius 2 is 1.55 bits per heavy atom. The van der Waals surface area contributed by atoms with Crippen LogP contribution in [0, 0.1) is 17.3 Å². The lowest BCUT2D eigenvalue weighted by Crippen LogP contribution is -2.58. The first kappa shape index (κ1) is 32.8. The third kappa shape index (κ3) is 6.01. The molecule has 4 aliphatic rings. The molecule has 4 heterocycles. The zero-order valence-electron chi connectivity index (χ0n) is 27.4. The highest BCUT2D eigenvalue weighted by molar-refractivity contribution is 8.02. The molecular weight excluding hydrogens is 570 g/mol. The van der Waals surface area contributed by atoms with Crippen molar-refractivity contribution >= 4 is 29.5 Å². The molecule has 5 rings (SSSR count). The second-order valence-electron chi connectivity index (χ2n) is 15.2. The number of carbonyl (C=O) groups is 3. The Kier molecular flexibility index (Phi) is 9.18. The first-order valence-corrected chi connectivity index (χ1v) is 17.2. The van der Waals surface area contributed by atoms with E-state index >= 15 is 0 Å². The predicted molar refractivity (Wildman–Crippen MR) is 177 cm³/mol. The maximum atomic E-state index is 14.9. The summed E-state index contributed by atoms with van der Waals surface area (Å²) >= 11 is 1.66. The largest absolute Gasteiger partial charge is 0.396 e. The molecule has 1 N–H and O–H groups in total. The lowest BCUT2D eigenvalue weighted by Gasteiger charge is -2.44. The van der Waals surface area contributed by atoms with Crippen LogP contribution in [0.1, 0.15) is 79.2 Å². The fourth-order valence-electron chi connectivity index (χ4n) is 8.44. The van der Waals surface area contributed by atoms with Gasteiger partial charge in [0.25, 0.3) is 0 Å². The van der Waals surface area contributed by atoms with Crippen LogP contribution in [0.3, 0.4) is 0 Å². The average molecular weight is 622 g/mol. The van der Waals surface area contributed by atoms with Crippen molar-refractivity contribution in [1.82, 2.24) is 14.7 Å². The molecule has 1 unspecified atom stereocenters. The maximum absolute atomic E-state index is 14.9. The summed E-state index contributed by atoms with van der Waals surface area (Å²) in [5, 5.41) is 9.26. The summed E-state index contributed by atoms with van der Waals surface area (Å²) in [5.74, 6) is -1.30. The summed E-state index contributed by atoms with van der Waals surface area (Å²) in [4.78, 5) is 49.8. The van der Waals surface area contributed by atoms with Crippen LogP contribution in [-0.2, 0) is 20.9 Å². The van der Waals surface area contributed by atoms with Crippen molar-refractivity contribution in [3.05, 3.63) is 60.2 Å². The highest BCUT2D eigenvalue weighted by Gasteiger charge is 2.74. The number of fused-ring (bicyclic) bond motifs is 2. The van der Waals surface area contributed by atoms with Gasteiger partial charge in [0.15, 0.2) is 0 Å². The van der Waals surface area contributed by atoms with Gasteiger partial charge in [0.05, 0.1) is 16.6 Å². The van der Waals surface area contributed by atoms with E-state index in [2.05, 4.69) is 65.8 Å². The van der Waals surface area contributed by atoms with E-state index in [-0.39, 0.29) is 29.7 Å². The second-order valence-corrected chi connectivity index (χ2v) is 17.0. The van der Waals surface area contributed by atoms with Crippen molar-refractivity contribution in [2.24, 2.45) is 17.3 Å². The first-order valence-electron chi connectivity index (χ1n) is 16.4. The van der Waals surface area contributed by atoms with E-state index in [1.54, 1.807) is 11.8 Å². The van der Waals surface area contributed by atoms with E-state index in [0.717, 1.165) is 37.7 Å². The van der Waals surface area contributed by atoms with Crippen molar-refractivity contribution < 1.29 is 19.5 Å². The Labute approximate surface area is 268 Å². The van der Waals surface area contributed by atoms with Crippen LogP contribution in [0.15, 0.2) is 54.6 Å². The summed E-state index contributed by atoms with van der Waals surface area (Å²) < 4.78 is -1.45. The van der Waals surface area contributed by atoms with Crippen LogP contribution in [0.4, 0.5) is 0 Å². The molecule has 240 valence electrons. The molecule has 2 saturated heterocycles. The SMILES string of the molecule is CC(C)(C)CC(C)(C)N1CC=C[C@]23S[C@]4(C)C=CCN(Cc5ccccc5)C(=O)[C@@H]4[C@H]2C(=O)N(CCCCCCO)C3C1=O. The monoisotopic (exact) mass is 621 g/mol. The molecule has 1 spiro atoms. The molecule has 0 aromatic heterocycles. The number of likely N-dealkylation sites (tertiary alicyclic amines) is 1. The molecular formula is C36H51N3O4S. The van der Waals surface area contributed by atoms with E-state index in [9.17, 15) is 19.5 Å². The number of hydrogen-bond donors (Lipinski definition) is 1. The van der Waals surface area contributed by atoms with Gasteiger partial charge in [-0.15, -0.1) is 11.8 Å². The number of unbranched alkanes of at least 4 members (excludes halogenated alkanes) is 3. The van der Waals surface area contributed by atoms with E-state index < -0.39 is 32.9 Å². The number of amides is 3. The minimum absolute atomic E-state index is 0.0114. The quantitative estimate of drug-likeness (QED) is 0.278. The topological polar surface area (TPSA) is 81.2 Å². The van der Waals surface area contributed by atoms with E-state index in [4.69, 9.17) is 0 Å². The maximum Gasteiger partial charge on any atom is 0.247 e. The number of nitrogens with zero attached hydrogens (tertiary/aromatic N) is 3. The van der Waals surface area contributed by atoms with Gasteiger partial charge in [-0.3, -0.25) is 14.4 Å². The Morgan fingerprint density at radius 1 is 0.864 bits per heavy atom. The summed E-state index contributed by atoms with van der Waals surface area (Å²) in [6.07, 6.45) is 12.5. The van der Waals surface area contributed by atoms with Crippen LogP contribution in [0.25, 0.3) is 0 Å². The fourth-order valence-corrected chi connectivity index (χ4v) is 10.6. The van der Waals surface area contributed by atoms with Gasteiger partial charge in [0, 0.05) is 43.1 Å². The molecule has 7 nitrogen and oxygen atoms in total. The van der Waals surface area contributed by atoms with E-state index in [1.165, 1.54) is 0 Å². The van der Waals surface area contributed by atoms with Crippen molar-refractivity contribution in [2.75, 3.05) is 26.2 Å². The number of thioether (sulfide) groups is 1. The molecule has 2 fully saturated rings. The molecule has 0 bridgehead atoms. The lowest BCUT2D eigenvalue weighted by molar-refractivity contribution is -0.147. The molecule has 5 atom stereocenters. The number of carbonyl (C=O) groups excluding carboxylic acids is 3. The Balaban J connectivity index is 1.54. The highest BCUT2D eigenvalue weighted by Crippen LogP contribution is 2.65. The predicted octanol–water partition coefficient (Wildman–Crippen LogP) is 5.44. The van der Waals surface area contributed by atoms with Crippen LogP contribution < -0.4 is 0 Å². The third-order valence-corrected chi connectivity index (χ3v) is 11.7. The summed E-state index contributed by atoms with van der Waals surface area (Å²) in [5.41, 5.74) is 0.651. The average Bonchev–Trinajstić information content (AvgIpc) is 3.20. The highest BCUT2D eigenvalue weighted by atomic mass is 32.2. The molecule has 4 aliphatic heterocycles. The van der Waals surface area contributed by atoms with Crippen molar-refractivity contribution in [3.8, 4) is 0 Å². The van der Waals surface area contributed by atoms with Crippen LogP contribution in [0.2, 0.25) is 0 Å². The van der Waals surface area contributed by atoms with Gasteiger partial charge in [-0.1, -0.05) is 88.2 Å². The molecule has 1 aromatic rings. The van der Waals surface area contributed by atoms with Crippen molar-refractivity contribution in [3.63, 3.8) is 0 Å². The van der Waals surface area contributed by atoms with Crippen LogP contribution in [-0.4, -0.2) is 84.8 Å². The molecule has 0 aliphatic carbocycles. The Morgan fingerprint density at radius 3 is 2.23 bits per heavy atom. The number of aliphatic hydroxyl groups is 1. The van der Waals surface area contributed by atoms with Crippen LogP contribution in [0.5, 0.6) is 0 Å². The number of hydrogen-bond acceptors (Lipinski definition) is 5. The number of benzene rings is 1. The molecule has 1 aromatic carbocycles. The van der Waals surface area contributed by atoms with Gasteiger partial charge in [0.2, 0.25) is 17.7 Å². The van der Waals surface area contributed by atoms with Crippen LogP contribution >= 0.6 is 11.8 Å². The summed E-state index contributed by atoms with van der Waals surface area (Å²) in [6.45, 7) is 15.0. The lowest BCUT2D eigenvalue weighted by atomic mass is 9.74. The van der Waals surface area contributed by atoms with Gasteiger partial charge in [-0.05, 0) is 51.0 Å². The molecule has 3 amide bonds. The number of rotatable bonds is 10. The van der Waals surface area contributed by atoms with Gasteiger partial charge in [-0.2, -0.15) is 0 Å². The zero-order valence-corrected chi connectivity index (χ0v) is 28.2. The summed E-state index contributed by atoms with van der Waals surface area (Å²) in [6, 6.07) is 9.32. The summed E-state index contributed by atoms with van der Waals surface area (Å²) in [7, 11) is 0. The minimum Gasteiger partial charge on any atom is -0.396 e. The molecule has 0 radical (unpaired) electrons. The van der Waals surface area contributed by atoms with Gasteiger partial charge < -0.3 is 19.8 Å². The first-order chi connectivity index (χ1) is 20.7. The van der Waals surface area contributed by atoms with Gasteiger partial charge in [-0.25, -0.2) is 0 Å². The second kappa shape index (κ2) is 12.3. The number of aliphatic hydroxyl groups excluding tert-OH is 1. The van der Waals surface area contributed by atoms with Gasteiger partial charge >= 0.3 is 0 Å². The smallest absolute Gasteiger partial charge is 0.247 e. The van der Waals surface area contributed by atoms with E-state index in [0.29, 0.717) is 26.2 Å². The normalized spacial score (nSPS) is 30.4. The van der Waals surface area contributed by atoms with Crippen molar-refractivity contribution in [2.45, 2.75) is 101 Å². The zero-order chi connectivity index (χ0) is 31.9. The fraction of sp³-hybridized carbons (Fsp3) is 0.639.